The zero-order valence-electron chi connectivity index (χ0n) is 27.4. The number of rotatable bonds is 5. The molecule has 2 nitrogen and oxygen atoms in total. The summed E-state index contributed by atoms with van der Waals surface area (Å²) in [6.07, 6.45) is 0. The molecule has 0 aliphatic rings. The van der Waals surface area contributed by atoms with Crippen molar-refractivity contribution in [1.82, 2.24) is 9.13 Å². The summed E-state index contributed by atoms with van der Waals surface area (Å²) in [5, 5.41) is 5.11. The summed E-state index contributed by atoms with van der Waals surface area (Å²) >= 11 is 0. The highest BCUT2D eigenvalue weighted by Crippen LogP contribution is 2.42. The fourth-order valence-corrected chi connectivity index (χ4v) is 7.84. The molecule has 234 valence electrons. The van der Waals surface area contributed by atoms with Crippen LogP contribution in [0.4, 0.5) is 0 Å². The van der Waals surface area contributed by atoms with Crippen molar-refractivity contribution >= 4 is 43.6 Å². The Labute approximate surface area is 290 Å². The Balaban J connectivity index is 1.16. The predicted molar refractivity (Wildman–Crippen MR) is 211 cm³/mol. The van der Waals surface area contributed by atoms with Crippen LogP contribution in [0.15, 0.2) is 194 Å². The highest BCUT2D eigenvalue weighted by Gasteiger charge is 2.20. The summed E-state index contributed by atoms with van der Waals surface area (Å²) in [5.74, 6) is 0. The third-order valence-electron chi connectivity index (χ3n) is 10.1. The number of nitrogens with zero attached hydrogens (tertiary/aromatic N) is 2. The maximum absolute atomic E-state index is 2.43. The Morgan fingerprint density at radius 1 is 0.240 bits per heavy atom. The van der Waals surface area contributed by atoms with Gasteiger partial charge in [-0.25, -0.2) is 0 Å². The van der Waals surface area contributed by atoms with Gasteiger partial charge in [0.15, 0.2) is 0 Å². The van der Waals surface area contributed by atoms with Gasteiger partial charge in [0.2, 0.25) is 0 Å². The average Bonchev–Trinajstić information content (AvgIpc) is 3.72. The second-order valence-corrected chi connectivity index (χ2v) is 13.0. The zero-order chi connectivity index (χ0) is 33.0. The van der Waals surface area contributed by atoms with Crippen molar-refractivity contribution < 1.29 is 0 Å². The van der Waals surface area contributed by atoms with Crippen LogP contribution in [0.25, 0.3) is 88.4 Å². The standard InChI is InChI=1S/C48H32N2/c1-4-14-33(15-5-1)36-30-37(34-16-6-2-7-17-34)32-38(31-36)35-24-26-40(27-25-35)50-44-23-13-11-21-42(44)48-46(50)29-28-45-47(48)41-20-10-12-22-43(41)49(45)39-18-8-3-9-19-39/h1-32H. The van der Waals surface area contributed by atoms with Crippen LogP contribution < -0.4 is 0 Å². The molecule has 0 saturated heterocycles. The van der Waals surface area contributed by atoms with E-state index in [9.17, 15) is 0 Å². The second kappa shape index (κ2) is 11.5. The minimum atomic E-state index is 1.15. The summed E-state index contributed by atoms with van der Waals surface area (Å²) in [5.41, 5.74) is 14.4. The van der Waals surface area contributed by atoms with E-state index in [1.807, 2.05) is 0 Å². The van der Waals surface area contributed by atoms with Crippen molar-refractivity contribution in [2.75, 3.05) is 0 Å². The molecule has 0 unspecified atom stereocenters. The Kier molecular flexibility index (Phi) is 6.53. The number of hydrogen-bond acceptors (Lipinski definition) is 0. The number of para-hydroxylation sites is 3. The van der Waals surface area contributed by atoms with Gasteiger partial charge in [0, 0.05) is 32.9 Å². The third kappa shape index (κ3) is 4.50. The van der Waals surface area contributed by atoms with Gasteiger partial charge < -0.3 is 9.13 Å². The first kappa shape index (κ1) is 28.4. The molecule has 0 aliphatic carbocycles. The molecule has 0 fully saturated rings. The van der Waals surface area contributed by atoms with Crippen LogP contribution in [-0.4, -0.2) is 9.13 Å². The molecule has 0 bridgehead atoms. The van der Waals surface area contributed by atoms with Crippen molar-refractivity contribution in [1.29, 1.82) is 0 Å². The van der Waals surface area contributed by atoms with E-state index in [1.54, 1.807) is 0 Å². The van der Waals surface area contributed by atoms with E-state index in [0.717, 1.165) is 5.69 Å². The summed E-state index contributed by atoms with van der Waals surface area (Å²) in [6.45, 7) is 0. The fourth-order valence-electron chi connectivity index (χ4n) is 7.84. The molecular formula is C48H32N2. The summed E-state index contributed by atoms with van der Waals surface area (Å²) < 4.78 is 4.83. The first-order valence-electron chi connectivity index (χ1n) is 17.2. The van der Waals surface area contributed by atoms with Gasteiger partial charge in [-0.2, -0.15) is 0 Å². The maximum atomic E-state index is 2.43. The number of fused-ring (bicyclic) bond motifs is 7. The summed E-state index contributed by atoms with van der Waals surface area (Å²) in [4.78, 5) is 0. The first-order chi connectivity index (χ1) is 24.8. The lowest BCUT2D eigenvalue weighted by atomic mass is 9.93. The van der Waals surface area contributed by atoms with Crippen molar-refractivity contribution in [2.24, 2.45) is 0 Å². The van der Waals surface area contributed by atoms with Crippen LogP contribution in [0.5, 0.6) is 0 Å². The highest BCUT2D eigenvalue weighted by atomic mass is 15.0. The SMILES string of the molecule is c1ccc(-c2cc(-c3ccccc3)cc(-c3ccc(-n4c5ccccc5c5c6c7ccccc7n(-c7ccccc7)c6ccc54)cc3)c2)cc1. The lowest BCUT2D eigenvalue weighted by Gasteiger charge is -2.13. The maximum Gasteiger partial charge on any atom is 0.0548 e. The van der Waals surface area contributed by atoms with E-state index in [1.165, 1.54) is 82.7 Å². The highest BCUT2D eigenvalue weighted by molar-refractivity contribution is 6.28. The molecule has 0 radical (unpaired) electrons. The molecule has 0 atom stereocenters. The average molecular weight is 637 g/mol. The van der Waals surface area contributed by atoms with Gasteiger partial charge in [-0.1, -0.05) is 127 Å². The molecular weight excluding hydrogens is 605 g/mol. The van der Waals surface area contributed by atoms with E-state index in [-0.39, 0.29) is 0 Å². The molecule has 0 amide bonds. The predicted octanol–water partition coefficient (Wildman–Crippen LogP) is 12.9. The van der Waals surface area contributed by atoms with Crippen LogP contribution in [0.1, 0.15) is 0 Å². The van der Waals surface area contributed by atoms with E-state index >= 15 is 0 Å². The van der Waals surface area contributed by atoms with Gasteiger partial charge in [-0.05, 0) is 100 Å². The molecule has 0 saturated carbocycles. The number of benzene rings is 8. The Morgan fingerprint density at radius 3 is 1.06 bits per heavy atom. The van der Waals surface area contributed by atoms with Crippen LogP contribution in [-0.2, 0) is 0 Å². The second-order valence-electron chi connectivity index (χ2n) is 13.0. The Bertz CT molecular complexity index is 2770. The minimum Gasteiger partial charge on any atom is -0.309 e. The topological polar surface area (TPSA) is 9.86 Å². The molecule has 0 N–H and O–H groups in total. The van der Waals surface area contributed by atoms with Crippen LogP contribution in [0, 0.1) is 0 Å². The van der Waals surface area contributed by atoms with Gasteiger partial charge >= 0.3 is 0 Å². The normalized spacial score (nSPS) is 11.6. The van der Waals surface area contributed by atoms with Crippen molar-refractivity contribution in [3.63, 3.8) is 0 Å². The number of aromatic nitrogens is 2. The molecule has 2 aromatic heterocycles. The molecule has 0 spiro atoms. The Morgan fingerprint density at radius 2 is 0.600 bits per heavy atom. The van der Waals surface area contributed by atoms with Crippen molar-refractivity contribution in [3.05, 3.63) is 194 Å². The van der Waals surface area contributed by atoms with Gasteiger partial charge in [0.25, 0.3) is 0 Å². The van der Waals surface area contributed by atoms with Crippen molar-refractivity contribution in [3.8, 4) is 44.8 Å². The van der Waals surface area contributed by atoms with Crippen molar-refractivity contribution in [2.45, 2.75) is 0 Å². The smallest absolute Gasteiger partial charge is 0.0548 e. The van der Waals surface area contributed by atoms with Gasteiger partial charge in [0.1, 0.15) is 0 Å². The summed E-state index contributed by atoms with van der Waals surface area (Å²) in [7, 11) is 0. The molecule has 50 heavy (non-hydrogen) atoms. The molecule has 2 heterocycles. The number of hydrogen-bond donors (Lipinski definition) is 0. The molecule has 2 heteroatoms. The van der Waals surface area contributed by atoms with E-state index in [0.29, 0.717) is 0 Å². The largest absolute Gasteiger partial charge is 0.309 e. The van der Waals surface area contributed by atoms with E-state index < -0.39 is 0 Å². The van der Waals surface area contributed by atoms with Gasteiger partial charge in [0.05, 0.1) is 22.1 Å². The van der Waals surface area contributed by atoms with Gasteiger partial charge in [-0.3, -0.25) is 0 Å². The van der Waals surface area contributed by atoms with Crippen LogP contribution in [0.2, 0.25) is 0 Å². The summed E-state index contributed by atoms with van der Waals surface area (Å²) in [6, 6.07) is 70.3. The quantitative estimate of drug-likeness (QED) is 0.178. The van der Waals surface area contributed by atoms with Gasteiger partial charge in [-0.15, -0.1) is 0 Å². The third-order valence-corrected chi connectivity index (χ3v) is 10.1. The zero-order valence-corrected chi connectivity index (χ0v) is 27.4. The molecule has 10 rings (SSSR count). The molecule has 0 aliphatic heterocycles. The minimum absolute atomic E-state index is 1.15. The van der Waals surface area contributed by atoms with E-state index in [4.69, 9.17) is 0 Å². The monoisotopic (exact) mass is 636 g/mol. The molecule has 10 aromatic rings. The lowest BCUT2D eigenvalue weighted by molar-refractivity contribution is 1.17. The molecule has 8 aromatic carbocycles. The van der Waals surface area contributed by atoms with Crippen LogP contribution in [0.3, 0.4) is 0 Å². The Hall–Kier alpha value is -6.64. The lowest BCUT2D eigenvalue weighted by Crippen LogP contribution is -1.95. The fraction of sp³-hybridized carbons (Fsp3) is 0. The van der Waals surface area contributed by atoms with E-state index in [2.05, 4.69) is 203 Å². The first-order valence-corrected chi connectivity index (χ1v) is 17.2. The van der Waals surface area contributed by atoms with Crippen LogP contribution >= 0.6 is 0 Å².